The van der Waals surface area contributed by atoms with E-state index in [1.54, 1.807) is 6.20 Å². The van der Waals surface area contributed by atoms with Crippen LogP contribution in [0.3, 0.4) is 0 Å². The fourth-order valence-corrected chi connectivity index (χ4v) is 5.96. The number of hydrogen-bond acceptors (Lipinski definition) is 2. The molecular formula is C18H23BrN2O. The Labute approximate surface area is 140 Å². The Kier molecular flexibility index (Phi) is 3.55. The maximum Gasteiger partial charge on any atom is 0.161 e. The molecule has 22 heavy (non-hydrogen) atoms. The van der Waals surface area contributed by atoms with Gasteiger partial charge in [0.1, 0.15) is 0 Å². The van der Waals surface area contributed by atoms with Crippen molar-refractivity contribution in [1.29, 1.82) is 0 Å². The zero-order chi connectivity index (χ0) is 15.3. The molecule has 0 radical (unpaired) electrons. The molecule has 3 nitrogen and oxygen atoms in total. The van der Waals surface area contributed by atoms with Gasteiger partial charge in [0, 0.05) is 12.0 Å². The highest BCUT2D eigenvalue weighted by atomic mass is 79.9. The van der Waals surface area contributed by atoms with Crippen molar-refractivity contribution in [3.05, 3.63) is 22.4 Å². The maximum atomic E-state index is 13.0. The molecule has 0 unspecified atom stereocenters. The number of allylic oxidation sites excluding steroid dienone is 1. The standard InChI is InChI=1S/C18H23BrN2O/c1-2-21-16(15(19)11-20-21)3-4-17(22)18-8-12-5-13(9-18)7-14(6-12)10-18/h3-4,11-14H,2,5-10H2,1H3/b4-3+. The van der Waals surface area contributed by atoms with E-state index < -0.39 is 0 Å². The summed E-state index contributed by atoms with van der Waals surface area (Å²) in [7, 11) is 0. The lowest BCUT2D eigenvalue weighted by molar-refractivity contribution is -0.138. The number of halogens is 1. The molecule has 1 heterocycles. The highest BCUT2D eigenvalue weighted by Gasteiger charge is 2.53. The first-order valence-electron chi connectivity index (χ1n) is 8.53. The van der Waals surface area contributed by atoms with Gasteiger partial charge in [0.2, 0.25) is 0 Å². The van der Waals surface area contributed by atoms with Crippen LogP contribution in [0, 0.1) is 23.2 Å². The van der Waals surface area contributed by atoms with E-state index in [1.807, 2.05) is 16.8 Å². The van der Waals surface area contributed by atoms with Gasteiger partial charge in [-0.25, -0.2) is 0 Å². The van der Waals surface area contributed by atoms with E-state index in [1.165, 1.54) is 19.3 Å². The second kappa shape index (κ2) is 5.33. The fourth-order valence-electron chi connectivity index (χ4n) is 5.53. The molecule has 4 heteroatoms. The van der Waals surface area contributed by atoms with Crippen molar-refractivity contribution in [3.8, 4) is 0 Å². The lowest BCUT2D eigenvalue weighted by Crippen LogP contribution is -2.49. The van der Waals surface area contributed by atoms with Crippen LogP contribution in [0.5, 0.6) is 0 Å². The number of ketones is 1. The van der Waals surface area contributed by atoms with Gasteiger partial charge in [-0.05, 0) is 91.3 Å². The molecule has 4 bridgehead atoms. The van der Waals surface area contributed by atoms with Crippen molar-refractivity contribution in [2.24, 2.45) is 23.2 Å². The zero-order valence-corrected chi connectivity index (χ0v) is 14.7. The van der Waals surface area contributed by atoms with Crippen LogP contribution in [0.4, 0.5) is 0 Å². The van der Waals surface area contributed by atoms with Crippen molar-refractivity contribution in [1.82, 2.24) is 9.78 Å². The molecule has 1 aromatic rings. The highest BCUT2D eigenvalue weighted by molar-refractivity contribution is 9.10. The SMILES string of the molecule is CCn1ncc(Br)c1/C=C/C(=O)C12CC3CC(CC(C3)C1)C2. The molecule has 0 aromatic carbocycles. The van der Waals surface area contributed by atoms with Crippen molar-refractivity contribution in [2.45, 2.75) is 52.0 Å². The summed E-state index contributed by atoms with van der Waals surface area (Å²) in [4.78, 5) is 13.0. The molecule has 4 saturated carbocycles. The molecule has 0 saturated heterocycles. The van der Waals surface area contributed by atoms with Crippen LogP contribution in [0.1, 0.15) is 51.1 Å². The minimum absolute atomic E-state index is 0.0329. The molecule has 0 amide bonds. The second-order valence-electron chi connectivity index (χ2n) is 7.59. The molecule has 0 aliphatic heterocycles. The fraction of sp³-hybridized carbons (Fsp3) is 0.667. The summed E-state index contributed by atoms with van der Waals surface area (Å²) in [5.41, 5.74) is 0.968. The molecule has 0 N–H and O–H groups in total. The van der Waals surface area contributed by atoms with Gasteiger partial charge in [-0.2, -0.15) is 5.10 Å². The number of hydrogen-bond donors (Lipinski definition) is 0. The number of aryl methyl sites for hydroxylation is 1. The predicted octanol–water partition coefficient (Wildman–Crippen LogP) is 4.46. The summed E-state index contributed by atoms with van der Waals surface area (Å²) in [6, 6.07) is 0. The Bertz CT molecular complexity index is 596. The van der Waals surface area contributed by atoms with Gasteiger partial charge in [-0.3, -0.25) is 9.48 Å². The van der Waals surface area contributed by atoms with E-state index >= 15 is 0 Å². The lowest BCUT2D eigenvalue weighted by atomic mass is 9.48. The van der Waals surface area contributed by atoms with Crippen LogP contribution in [-0.2, 0) is 11.3 Å². The summed E-state index contributed by atoms with van der Waals surface area (Å²) in [6.45, 7) is 2.88. The van der Waals surface area contributed by atoms with Crippen molar-refractivity contribution in [3.63, 3.8) is 0 Å². The minimum Gasteiger partial charge on any atom is -0.294 e. The molecule has 118 valence electrons. The topological polar surface area (TPSA) is 34.9 Å². The van der Waals surface area contributed by atoms with Gasteiger partial charge in [0.25, 0.3) is 0 Å². The van der Waals surface area contributed by atoms with Gasteiger partial charge >= 0.3 is 0 Å². The van der Waals surface area contributed by atoms with E-state index in [0.717, 1.165) is 53.7 Å². The molecule has 4 fully saturated rings. The van der Waals surface area contributed by atoms with Crippen LogP contribution >= 0.6 is 15.9 Å². The van der Waals surface area contributed by atoms with Crippen LogP contribution < -0.4 is 0 Å². The van der Waals surface area contributed by atoms with Crippen molar-refractivity contribution >= 4 is 27.8 Å². The Morgan fingerprint density at radius 1 is 1.32 bits per heavy atom. The smallest absolute Gasteiger partial charge is 0.161 e. The summed E-state index contributed by atoms with van der Waals surface area (Å²) in [6.07, 6.45) is 13.1. The maximum absolute atomic E-state index is 13.0. The molecular weight excluding hydrogens is 340 g/mol. The van der Waals surface area contributed by atoms with Crippen LogP contribution in [-0.4, -0.2) is 15.6 Å². The van der Waals surface area contributed by atoms with Crippen LogP contribution in [0.2, 0.25) is 0 Å². The van der Waals surface area contributed by atoms with Crippen LogP contribution in [0.15, 0.2) is 16.7 Å². The van der Waals surface area contributed by atoms with Crippen molar-refractivity contribution < 1.29 is 4.79 Å². The summed E-state index contributed by atoms with van der Waals surface area (Å²) in [5.74, 6) is 2.81. The Morgan fingerprint density at radius 3 is 2.45 bits per heavy atom. The first kappa shape index (κ1) is 14.7. The van der Waals surface area contributed by atoms with Gasteiger partial charge in [0.05, 0.1) is 16.4 Å². The summed E-state index contributed by atoms with van der Waals surface area (Å²) < 4.78 is 2.89. The van der Waals surface area contributed by atoms with Gasteiger partial charge in [-0.15, -0.1) is 0 Å². The quantitative estimate of drug-likeness (QED) is 0.740. The molecule has 0 spiro atoms. The minimum atomic E-state index is -0.0329. The first-order chi connectivity index (χ1) is 10.6. The molecule has 5 rings (SSSR count). The lowest BCUT2D eigenvalue weighted by Gasteiger charge is -2.55. The van der Waals surface area contributed by atoms with E-state index in [2.05, 4.69) is 28.0 Å². The normalized spacial score (nSPS) is 36.4. The van der Waals surface area contributed by atoms with Crippen LogP contribution in [0.25, 0.3) is 6.08 Å². The number of aromatic nitrogens is 2. The third kappa shape index (κ3) is 2.31. The van der Waals surface area contributed by atoms with E-state index in [9.17, 15) is 4.79 Å². The molecule has 1 aromatic heterocycles. The predicted molar refractivity (Wildman–Crippen MR) is 90.2 cm³/mol. The van der Waals surface area contributed by atoms with Gasteiger partial charge in [-0.1, -0.05) is 0 Å². The number of carbonyl (C=O) groups excluding carboxylic acids is 1. The monoisotopic (exact) mass is 362 g/mol. The number of carbonyl (C=O) groups is 1. The van der Waals surface area contributed by atoms with E-state index in [0.29, 0.717) is 5.78 Å². The first-order valence-corrected chi connectivity index (χ1v) is 9.33. The molecule has 4 aliphatic rings. The average Bonchev–Trinajstić information content (AvgIpc) is 2.83. The van der Waals surface area contributed by atoms with Crippen molar-refractivity contribution in [2.75, 3.05) is 0 Å². The number of rotatable bonds is 4. The Hall–Kier alpha value is -0.900. The van der Waals surface area contributed by atoms with E-state index in [-0.39, 0.29) is 5.41 Å². The van der Waals surface area contributed by atoms with Gasteiger partial charge in [0.15, 0.2) is 5.78 Å². The summed E-state index contributed by atoms with van der Waals surface area (Å²) >= 11 is 3.53. The highest BCUT2D eigenvalue weighted by Crippen LogP contribution is 2.60. The van der Waals surface area contributed by atoms with Gasteiger partial charge < -0.3 is 0 Å². The average molecular weight is 363 g/mol. The zero-order valence-electron chi connectivity index (χ0n) is 13.1. The Balaban J connectivity index is 1.57. The number of nitrogens with zero attached hydrogens (tertiary/aromatic N) is 2. The Morgan fingerprint density at radius 2 is 1.91 bits per heavy atom. The third-order valence-electron chi connectivity index (χ3n) is 6.09. The molecule has 0 atom stereocenters. The summed E-state index contributed by atoms with van der Waals surface area (Å²) in [5, 5.41) is 4.31. The largest absolute Gasteiger partial charge is 0.294 e. The van der Waals surface area contributed by atoms with E-state index in [4.69, 9.17) is 0 Å². The third-order valence-corrected chi connectivity index (χ3v) is 6.70. The second-order valence-corrected chi connectivity index (χ2v) is 8.44. The molecule has 4 aliphatic carbocycles.